The van der Waals surface area contributed by atoms with Gasteiger partial charge in [0.2, 0.25) is 5.91 Å². The zero-order valence-corrected chi connectivity index (χ0v) is 11.4. The molecule has 0 radical (unpaired) electrons. The average Bonchev–Trinajstić information content (AvgIpc) is 2.33. The van der Waals surface area contributed by atoms with Crippen molar-refractivity contribution < 1.29 is 13.2 Å². The Bertz CT molecular complexity index is 495. The van der Waals surface area contributed by atoms with Crippen molar-refractivity contribution in [2.24, 2.45) is 0 Å². The maximum Gasteiger partial charge on any atom is 0.221 e. The van der Waals surface area contributed by atoms with Gasteiger partial charge >= 0.3 is 0 Å². The van der Waals surface area contributed by atoms with Crippen molar-refractivity contribution in [3.8, 4) is 0 Å². The van der Waals surface area contributed by atoms with Crippen molar-refractivity contribution in [1.29, 1.82) is 0 Å². The van der Waals surface area contributed by atoms with E-state index in [0.29, 0.717) is 24.4 Å². The fourth-order valence-electron chi connectivity index (χ4n) is 1.41. The fraction of sp³-hybridized carbons (Fsp3) is 0.417. The molecule has 2 N–H and O–H groups in total. The largest absolute Gasteiger partial charge is 0.359 e. The molecule has 0 aliphatic heterocycles. The number of carbonyl (C=O) groups excluding carboxylic acids is 1. The maximum atomic E-state index is 11.3. The van der Waals surface area contributed by atoms with Gasteiger partial charge in [0, 0.05) is 32.8 Å². The van der Waals surface area contributed by atoms with Crippen LogP contribution in [0, 0.1) is 0 Å². The molecule has 0 fully saturated rings. The molecule has 1 rings (SSSR count). The molecule has 0 saturated heterocycles. The standard InChI is InChI=1S/C12H18N2O3S/c1-13-12(15)7-8-14-9-10-3-5-11(6-4-10)18(2,16)17/h3-6,14H,7-9H2,1-2H3,(H,13,15). The van der Waals surface area contributed by atoms with Crippen LogP contribution in [-0.4, -0.2) is 34.2 Å². The molecule has 1 aromatic rings. The van der Waals surface area contributed by atoms with E-state index >= 15 is 0 Å². The van der Waals surface area contributed by atoms with E-state index in [4.69, 9.17) is 0 Å². The van der Waals surface area contributed by atoms with Gasteiger partial charge in [-0.05, 0) is 17.7 Å². The number of hydrogen-bond donors (Lipinski definition) is 2. The van der Waals surface area contributed by atoms with Gasteiger partial charge in [0.05, 0.1) is 4.90 Å². The van der Waals surface area contributed by atoms with Gasteiger partial charge in [-0.3, -0.25) is 4.79 Å². The third-order valence-electron chi connectivity index (χ3n) is 2.49. The average molecular weight is 270 g/mol. The Balaban J connectivity index is 2.43. The van der Waals surface area contributed by atoms with Crippen molar-refractivity contribution in [3.63, 3.8) is 0 Å². The predicted octanol–water partition coefficient (Wildman–Crippen LogP) is 0.316. The molecule has 1 amide bonds. The van der Waals surface area contributed by atoms with Crippen molar-refractivity contribution in [2.45, 2.75) is 17.9 Å². The van der Waals surface area contributed by atoms with Crippen molar-refractivity contribution in [3.05, 3.63) is 29.8 Å². The van der Waals surface area contributed by atoms with Crippen molar-refractivity contribution in [1.82, 2.24) is 10.6 Å². The smallest absolute Gasteiger partial charge is 0.221 e. The second-order valence-electron chi connectivity index (χ2n) is 4.02. The molecule has 0 aliphatic carbocycles. The number of nitrogens with one attached hydrogen (secondary N) is 2. The third kappa shape index (κ3) is 4.85. The summed E-state index contributed by atoms with van der Waals surface area (Å²) in [5, 5.41) is 5.66. The van der Waals surface area contributed by atoms with Gasteiger partial charge < -0.3 is 10.6 Å². The van der Waals surface area contributed by atoms with Crippen LogP contribution >= 0.6 is 0 Å². The second kappa shape index (κ2) is 6.51. The molecule has 0 aliphatic rings. The lowest BCUT2D eigenvalue weighted by molar-refractivity contribution is -0.120. The molecule has 0 heterocycles. The number of amides is 1. The lowest BCUT2D eigenvalue weighted by atomic mass is 10.2. The Hall–Kier alpha value is -1.40. The third-order valence-corrected chi connectivity index (χ3v) is 3.62. The molecule has 0 unspecified atom stereocenters. The Labute approximate surface area is 108 Å². The minimum Gasteiger partial charge on any atom is -0.359 e. The molecule has 5 nitrogen and oxygen atoms in total. The number of sulfone groups is 1. The van der Waals surface area contributed by atoms with Gasteiger partial charge in [-0.25, -0.2) is 8.42 Å². The number of rotatable bonds is 6. The normalized spacial score (nSPS) is 11.2. The fourth-order valence-corrected chi connectivity index (χ4v) is 2.04. The van der Waals surface area contributed by atoms with E-state index < -0.39 is 9.84 Å². The molecule has 0 atom stereocenters. The van der Waals surface area contributed by atoms with Gasteiger partial charge in [-0.1, -0.05) is 12.1 Å². The summed E-state index contributed by atoms with van der Waals surface area (Å²) in [7, 11) is -1.53. The summed E-state index contributed by atoms with van der Waals surface area (Å²) >= 11 is 0. The molecule has 1 aromatic carbocycles. The highest BCUT2D eigenvalue weighted by atomic mass is 32.2. The van der Waals surface area contributed by atoms with E-state index in [1.165, 1.54) is 6.26 Å². The maximum absolute atomic E-state index is 11.3. The minimum absolute atomic E-state index is 0.00470. The van der Waals surface area contributed by atoms with E-state index in [-0.39, 0.29) is 5.91 Å². The van der Waals surface area contributed by atoms with Gasteiger partial charge in [0.15, 0.2) is 9.84 Å². The molecule has 0 spiro atoms. The first-order valence-corrected chi connectivity index (χ1v) is 7.53. The molecule has 6 heteroatoms. The molecule has 0 saturated carbocycles. The first-order chi connectivity index (χ1) is 8.43. The monoisotopic (exact) mass is 270 g/mol. The first kappa shape index (κ1) is 14.7. The highest BCUT2D eigenvalue weighted by molar-refractivity contribution is 7.90. The topological polar surface area (TPSA) is 75.3 Å². The second-order valence-corrected chi connectivity index (χ2v) is 6.03. The Morgan fingerprint density at radius 1 is 1.22 bits per heavy atom. The van der Waals surface area contributed by atoms with E-state index in [9.17, 15) is 13.2 Å². The summed E-state index contributed by atoms with van der Waals surface area (Å²) in [5.74, 6) is -0.00470. The summed E-state index contributed by atoms with van der Waals surface area (Å²) in [6.07, 6.45) is 1.61. The van der Waals surface area contributed by atoms with Crippen LogP contribution in [0.15, 0.2) is 29.2 Å². The molecule has 0 bridgehead atoms. The molecule has 0 aromatic heterocycles. The van der Waals surface area contributed by atoms with Crippen molar-refractivity contribution >= 4 is 15.7 Å². The highest BCUT2D eigenvalue weighted by Crippen LogP contribution is 2.09. The lowest BCUT2D eigenvalue weighted by Gasteiger charge is -2.05. The zero-order valence-electron chi connectivity index (χ0n) is 10.6. The number of hydrogen-bond acceptors (Lipinski definition) is 4. The van der Waals surface area contributed by atoms with E-state index in [0.717, 1.165) is 5.56 Å². The number of carbonyl (C=O) groups is 1. The van der Waals surface area contributed by atoms with Crippen molar-refractivity contribution in [2.75, 3.05) is 19.8 Å². The predicted molar refractivity (Wildman–Crippen MR) is 69.9 cm³/mol. The van der Waals surface area contributed by atoms with Gasteiger partial charge in [-0.15, -0.1) is 0 Å². The minimum atomic E-state index is -3.13. The van der Waals surface area contributed by atoms with E-state index in [1.807, 2.05) is 0 Å². The lowest BCUT2D eigenvalue weighted by Crippen LogP contribution is -2.24. The SMILES string of the molecule is CNC(=O)CCNCc1ccc(S(C)(=O)=O)cc1. The van der Waals surface area contributed by atoms with Crippen LogP contribution in [0.1, 0.15) is 12.0 Å². The van der Waals surface area contributed by atoms with Crippen LogP contribution in [-0.2, 0) is 21.2 Å². The van der Waals surface area contributed by atoms with Crippen LogP contribution in [0.25, 0.3) is 0 Å². The Morgan fingerprint density at radius 3 is 2.33 bits per heavy atom. The summed E-state index contributed by atoms with van der Waals surface area (Å²) in [5.41, 5.74) is 0.985. The van der Waals surface area contributed by atoms with Crippen LogP contribution in [0.2, 0.25) is 0 Å². The van der Waals surface area contributed by atoms with Gasteiger partial charge in [0.1, 0.15) is 0 Å². The van der Waals surface area contributed by atoms with E-state index in [2.05, 4.69) is 10.6 Å². The summed E-state index contributed by atoms with van der Waals surface area (Å²) in [6, 6.07) is 6.71. The summed E-state index contributed by atoms with van der Waals surface area (Å²) in [4.78, 5) is 11.3. The Kier molecular flexibility index (Phi) is 5.30. The zero-order chi connectivity index (χ0) is 13.6. The quantitative estimate of drug-likeness (QED) is 0.730. The van der Waals surface area contributed by atoms with Crippen LogP contribution in [0.3, 0.4) is 0 Å². The molecule has 100 valence electrons. The van der Waals surface area contributed by atoms with Crippen LogP contribution < -0.4 is 10.6 Å². The molecular formula is C12H18N2O3S. The van der Waals surface area contributed by atoms with Gasteiger partial charge in [0.25, 0.3) is 0 Å². The van der Waals surface area contributed by atoms with E-state index in [1.54, 1.807) is 31.3 Å². The van der Waals surface area contributed by atoms with Gasteiger partial charge in [-0.2, -0.15) is 0 Å². The molecular weight excluding hydrogens is 252 g/mol. The highest BCUT2D eigenvalue weighted by Gasteiger charge is 2.05. The van der Waals surface area contributed by atoms with Crippen LogP contribution in [0.4, 0.5) is 0 Å². The summed E-state index contributed by atoms with van der Waals surface area (Å²) in [6.45, 7) is 1.20. The molecule has 18 heavy (non-hydrogen) atoms. The number of benzene rings is 1. The summed E-state index contributed by atoms with van der Waals surface area (Å²) < 4.78 is 22.5. The van der Waals surface area contributed by atoms with Crippen LogP contribution in [0.5, 0.6) is 0 Å². The Morgan fingerprint density at radius 2 is 1.83 bits per heavy atom. The first-order valence-electron chi connectivity index (χ1n) is 5.64.